The summed E-state index contributed by atoms with van der Waals surface area (Å²) >= 11 is 3.34. The van der Waals surface area contributed by atoms with Crippen LogP contribution in [-0.2, 0) is 9.59 Å². The summed E-state index contributed by atoms with van der Waals surface area (Å²) in [6.07, 6.45) is 1.52. The third kappa shape index (κ3) is 3.71. The van der Waals surface area contributed by atoms with Crippen molar-refractivity contribution in [1.82, 2.24) is 4.90 Å². The van der Waals surface area contributed by atoms with Gasteiger partial charge in [-0.15, -0.1) is 6.58 Å². The van der Waals surface area contributed by atoms with Gasteiger partial charge in [0.05, 0.1) is 12.1 Å². The van der Waals surface area contributed by atoms with Gasteiger partial charge in [-0.25, -0.2) is 4.90 Å². The van der Waals surface area contributed by atoms with Gasteiger partial charge in [-0.1, -0.05) is 40.2 Å². The first kappa shape index (κ1) is 19.0. The maximum absolute atomic E-state index is 13.1. The summed E-state index contributed by atoms with van der Waals surface area (Å²) < 4.78 is 0.852. The van der Waals surface area contributed by atoms with Gasteiger partial charge >= 0.3 is 0 Å². The average Bonchev–Trinajstić information content (AvgIpc) is 2.94. The Balaban J connectivity index is 1.92. The molecule has 0 bridgehead atoms. The monoisotopic (exact) mass is 426 g/mol. The fourth-order valence-corrected chi connectivity index (χ4v) is 3.44. The van der Waals surface area contributed by atoms with E-state index in [9.17, 15) is 14.4 Å². The van der Waals surface area contributed by atoms with Crippen molar-refractivity contribution in [2.45, 2.75) is 19.4 Å². The molecule has 1 unspecified atom stereocenters. The molecule has 2 aromatic carbocycles. The molecule has 0 radical (unpaired) electrons. The number of carbonyl (C=O) groups excluding carboxylic acids is 3. The van der Waals surface area contributed by atoms with Crippen molar-refractivity contribution in [2.75, 3.05) is 11.4 Å². The first-order valence-corrected chi connectivity index (χ1v) is 9.33. The molecule has 6 heteroatoms. The van der Waals surface area contributed by atoms with E-state index >= 15 is 0 Å². The number of carbonyl (C=O) groups is 3. The van der Waals surface area contributed by atoms with Gasteiger partial charge in [0.15, 0.2) is 0 Å². The molecule has 0 N–H and O–H groups in total. The zero-order valence-corrected chi connectivity index (χ0v) is 16.5. The lowest BCUT2D eigenvalue weighted by molar-refractivity contribution is -0.122. The van der Waals surface area contributed by atoms with E-state index in [-0.39, 0.29) is 24.8 Å². The van der Waals surface area contributed by atoms with Crippen LogP contribution >= 0.6 is 15.9 Å². The molecule has 0 spiro atoms. The SMILES string of the molecule is C=CCN(C(=O)c1ccccc1C)C1CC(=O)N(c2ccc(Br)cc2)C1=O. The van der Waals surface area contributed by atoms with Crippen LogP contribution in [0.3, 0.4) is 0 Å². The van der Waals surface area contributed by atoms with Crippen LogP contribution in [0.2, 0.25) is 0 Å². The Labute approximate surface area is 166 Å². The first-order valence-electron chi connectivity index (χ1n) is 8.54. The highest BCUT2D eigenvalue weighted by molar-refractivity contribution is 9.10. The maximum atomic E-state index is 13.1. The predicted octanol–water partition coefficient (Wildman–Crippen LogP) is 3.72. The van der Waals surface area contributed by atoms with Gasteiger partial charge < -0.3 is 4.90 Å². The van der Waals surface area contributed by atoms with Crippen molar-refractivity contribution in [3.05, 3.63) is 76.8 Å². The number of benzene rings is 2. The Bertz CT molecular complexity index is 908. The fourth-order valence-electron chi connectivity index (χ4n) is 3.18. The summed E-state index contributed by atoms with van der Waals surface area (Å²) in [5, 5.41) is 0. The summed E-state index contributed by atoms with van der Waals surface area (Å²) in [6.45, 7) is 5.72. The van der Waals surface area contributed by atoms with Gasteiger partial charge in [-0.2, -0.15) is 0 Å². The zero-order chi connectivity index (χ0) is 19.6. The second-order valence-corrected chi connectivity index (χ2v) is 7.24. The zero-order valence-electron chi connectivity index (χ0n) is 14.9. The van der Waals surface area contributed by atoms with Crippen molar-refractivity contribution < 1.29 is 14.4 Å². The van der Waals surface area contributed by atoms with Gasteiger partial charge in [0.25, 0.3) is 11.8 Å². The van der Waals surface area contributed by atoms with E-state index in [2.05, 4.69) is 22.5 Å². The van der Waals surface area contributed by atoms with E-state index in [0.717, 1.165) is 14.9 Å². The summed E-state index contributed by atoms with van der Waals surface area (Å²) in [7, 11) is 0. The molecule has 1 saturated heterocycles. The molecule has 1 atom stereocenters. The number of aryl methyl sites for hydroxylation is 1. The minimum absolute atomic E-state index is 0.0413. The molecule has 138 valence electrons. The molecule has 1 fully saturated rings. The maximum Gasteiger partial charge on any atom is 0.257 e. The van der Waals surface area contributed by atoms with Crippen LogP contribution < -0.4 is 4.90 Å². The average molecular weight is 427 g/mol. The predicted molar refractivity (Wildman–Crippen MR) is 107 cm³/mol. The van der Waals surface area contributed by atoms with Gasteiger partial charge in [0.2, 0.25) is 5.91 Å². The normalized spacial score (nSPS) is 16.5. The molecular formula is C21H19BrN2O3. The van der Waals surface area contributed by atoms with Gasteiger partial charge in [0, 0.05) is 16.6 Å². The molecule has 5 nitrogen and oxygen atoms in total. The lowest BCUT2D eigenvalue weighted by Crippen LogP contribution is -2.45. The quantitative estimate of drug-likeness (QED) is 0.540. The number of amides is 3. The highest BCUT2D eigenvalue weighted by Crippen LogP contribution is 2.28. The lowest BCUT2D eigenvalue weighted by atomic mass is 10.1. The number of rotatable bonds is 5. The highest BCUT2D eigenvalue weighted by Gasteiger charge is 2.44. The molecule has 3 amide bonds. The number of halogens is 1. The van der Waals surface area contributed by atoms with Crippen LogP contribution in [0.1, 0.15) is 22.3 Å². The Morgan fingerprint density at radius 1 is 1.22 bits per heavy atom. The molecule has 27 heavy (non-hydrogen) atoms. The third-order valence-corrected chi connectivity index (χ3v) is 5.07. The van der Waals surface area contributed by atoms with E-state index in [1.54, 1.807) is 42.5 Å². The van der Waals surface area contributed by atoms with Crippen molar-refractivity contribution >= 4 is 39.3 Å². The molecule has 0 aromatic heterocycles. The molecule has 1 heterocycles. The summed E-state index contributed by atoms with van der Waals surface area (Å²) in [4.78, 5) is 41.2. The van der Waals surface area contributed by atoms with Crippen LogP contribution in [0.15, 0.2) is 65.7 Å². The van der Waals surface area contributed by atoms with Gasteiger partial charge in [-0.3, -0.25) is 14.4 Å². The Morgan fingerprint density at radius 3 is 2.52 bits per heavy atom. The number of anilines is 1. The van der Waals surface area contributed by atoms with Crippen molar-refractivity contribution in [3.8, 4) is 0 Å². The Kier molecular flexibility index (Phi) is 5.56. The molecule has 0 saturated carbocycles. The Hall–Kier alpha value is -2.73. The minimum atomic E-state index is -0.841. The topological polar surface area (TPSA) is 57.7 Å². The van der Waals surface area contributed by atoms with Gasteiger partial charge in [-0.05, 0) is 42.8 Å². The van der Waals surface area contributed by atoms with Gasteiger partial charge in [0.1, 0.15) is 6.04 Å². The lowest BCUT2D eigenvalue weighted by Gasteiger charge is -2.27. The molecule has 2 aromatic rings. The van der Waals surface area contributed by atoms with Crippen LogP contribution in [0.4, 0.5) is 5.69 Å². The minimum Gasteiger partial charge on any atom is -0.322 e. The van der Waals surface area contributed by atoms with E-state index in [4.69, 9.17) is 0 Å². The molecule has 1 aliphatic heterocycles. The van der Waals surface area contributed by atoms with Crippen LogP contribution in [0, 0.1) is 6.92 Å². The molecule has 3 rings (SSSR count). The first-order chi connectivity index (χ1) is 12.9. The highest BCUT2D eigenvalue weighted by atomic mass is 79.9. The number of hydrogen-bond donors (Lipinski definition) is 0. The molecular weight excluding hydrogens is 408 g/mol. The van der Waals surface area contributed by atoms with Crippen molar-refractivity contribution in [1.29, 1.82) is 0 Å². The fraction of sp³-hybridized carbons (Fsp3) is 0.190. The number of imide groups is 1. The van der Waals surface area contributed by atoms with E-state index in [0.29, 0.717) is 11.3 Å². The Morgan fingerprint density at radius 2 is 1.89 bits per heavy atom. The molecule has 0 aliphatic carbocycles. The van der Waals surface area contributed by atoms with E-state index in [1.807, 2.05) is 19.1 Å². The second-order valence-electron chi connectivity index (χ2n) is 6.32. The number of hydrogen-bond acceptors (Lipinski definition) is 3. The standard InChI is InChI=1S/C21H19BrN2O3/c1-3-12-23(20(26)17-7-5-4-6-14(17)2)18-13-19(25)24(21(18)27)16-10-8-15(22)9-11-16/h3-11,18H,1,12-13H2,2H3. The largest absolute Gasteiger partial charge is 0.322 e. The van der Waals surface area contributed by atoms with Crippen molar-refractivity contribution in [2.24, 2.45) is 0 Å². The summed E-state index contributed by atoms with van der Waals surface area (Å²) in [5.41, 5.74) is 1.83. The third-order valence-electron chi connectivity index (χ3n) is 4.55. The van der Waals surface area contributed by atoms with Crippen molar-refractivity contribution in [3.63, 3.8) is 0 Å². The smallest absolute Gasteiger partial charge is 0.257 e. The van der Waals surface area contributed by atoms with E-state index < -0.39 is 11.9 Å². The number of nitrogens with zero attached hydrogens (tertiary/aromatic N) is 2. The van der Waals surface area contributed by atoms with Crippen LogP contribution in [0.25, 0.3) is 0 Å². The summed E-state index contributed by atoms with van der Waals surface area (Å²) in [5.74, 6) is -0.998. The second kappa shape index (κ2) is 7.88. The summed E-state index contributed by atoms with van der Waals surface area (Å²) in [6, 6.07) is 13.3. The van der Waals surface area contributed by atoms with E-state index in [1.165, 1.54) is 4.90 Å². The van der Waals surface area contributed by atoms with Crippen LogP contribution in [0.5, 0.6) is 0 Å². The van der Waals surface area contributed by atoms with Crippen LogP contribution in [-0.4, -0.2) is 35.2 Å². The molecule has 1 aliphatic rings.